The van der Waals surface area contributed by atoms with E-state index in [-0.39, 0.29) is 24.2 Å². The number of nitrogens with one attached hydrogen (secondary N) is 1. The molecule has 3 rings (SSSR count). The van der Waals surface area contributed by atoms with Crippen molar-refractivity contribution >= 4 is 29.3 Å². The summed E-state index contributed by atoms with van der Waals surface area (Å²) >= 11 is 1.41. The second-order valence-corrected chi connectivity index (χ2v) is 8.14. The van der Waals surface area contributed by atoms with E-state index in [1.54, 1.807) is 30.0 Å². The molecule has 0 bridgehead atoms. The molecule has 2 amide bonds. The summed E-state index contributed by atoms with van der Waals surface area (Å²) in [7, 11) is 0. The Labute approximate surface area is 169 Å². The van der Waals surface area contributed by atoms with Gasteiger partial charge in [0.2, 0.25) is 11.8 Å². The zero-order valence-corrected chi connectivity index (χ0v) is 17.0. The Kier molecular flexibility index (Phi) is 6.73. The standard InChI is InChI=1S/C22H25FN2O2S/c1-3-4-13-24-21(26)15(2)20-22(27)25(14-16-9-5-6-10-17(16)23)18-11-7-8-12-19(18)28-20/h5-12,15,20H,3-4,13-14H2,1-2H3,(H,24,26)/t15-,20-/m0/s1. The number of rotatable bonds is 7. The summed E-state index contributed by atoms with van der Waals surface area (Å²) in [5, 5.41) is 2.38. The number of carbonyl (C=O) groups is 2. The number of fused-ring (bicyclic) bond motifs is 1. The minimum Gasteiger partial charge on any atom is -0.356 e. The zero-order valence-electron chi connectivity index (χ0n) is 16.2. The molecule has 0 aromatic heterocycles. The maximum atomic E-state index is 14.2. The largest absolute Gasteiger partial charge is 0.356 e. The van der Waals surface area contributed by atoms with Crippen LogP contribution in [0.3, 0.4) is 0 Å². The number of unbranched alkanes of at least 4 members (excludes halogenated alkanes) is 1. The van der Waals surface area contributed by atoms with E-state index in [1.807, 2.05) is 24.3 Å². The van der Waals surface area contributed by atoms with E-state index in [9.17, 15) is 14.0 Å². The number of carbonyl (C=O) groups excluding carboxylic acids is 2. The number of hydrogen-bond acceptors (Lipinski definition) is 3. The molecule has 4 nitrogen and oxygen atoms in total. The molecule has 0 fully saturated rings. The van der Waals surface area contributed by atoms with Gasteiger partial charge < -0.3 is 10.2 Å². The van der Waals surface area contributed by atoms with E-state index in [4.69, 9.17) is 0 Å². The Bertz CT molecular complexity index is 858. The van der Waals surface area contributed by atoms with Gasteiger partial charge in [0.05, 0.1) is 18.2 Å². The summed E-state index contributed by atoms with van der Waals surface area (Å²) in [6.45, 7) is 4.60. The highest BCUT2D eigenvalue weighted by Gasteiger charge is 2.39. The second-order valence-electron chi connectivity index (χ2n) is 6.96. The molecule has 28 heavy (non-hydrogen) atoms. The predicted octanol–water partition coefficient (Wildman–Crippen LogP) is 4.39. The van der Waals surface area contributed by atoms with Crippen LogP contribution in [0.1, 0.15) is 32.3 Å². The van der Waals surface area contributed by atoms with E-state index >= 15 is 0 Å². The molecule has 0 saturated carbocycles. The topological polar surface area (TPSA) is 49.4 Å². The van der Waals surface area contributed by atoms with Gasteiger partial charge in [0, 0.05) is 17.0 Å². The first-order valence-corrected chi connectivity index (χ1v) is 10.5. The van der Waals surface area contributed by atoms with Gasteiger partial charge >= 0.3 is 0 Å². The fraction of sp³-hybridized carbons (Fsp3) is 0.364. The van der Waals surface area contributed by atoms with Crippen molar-refractivity contribution in [2.45, 2.75) is 43.4 Å². The molecule has 2 aromatic rings. The third-order valence-corrected chi connectivity index (χ3v) is 6.37. The fourth-order valence-corrected chi connectivity index (χ4v) is 4.49. The first kappa shape index (κ1) is 20.4. The van der Waals surface area contributed by atoms with Crippen LogP contribution < -0.4 is 10.2 Å². The van der Waals surface area contributed by atoms with Gasteiger partial charge in [0.25, 0.3) is 0 Å². The highest BCUT2D eigenvalue weighted by Crippen LogP contribution is 2.42. The van der Waals surface area contributed by atoms with Crippen LogP contribution in [-0.2, 0) is 16.1 Å². The molecule has 6 heteroatoms. The van der Waals surface area contributed by atoms with Gasteiger partial charge in [-0.2, -0.15) is 0 Å². The van der Waals surface area contributed by atoms with Crippen molar-refractivity contribution < 1.29 is 14.0 Å². The lowest BCUT2D eigenvalue weighted by Crippen LogP contribution is -2.47. The molecular weight excluding hydrogens is 375 g/mol. The highest BCUT2D eigenvalue weighted by molar-refractivity contribution is 8.01. The third-order valence-electron chi connectivity index (χ3n) is 4.90. The molecule has 1 N–H and O–H groups in total. The number of benzene rings is 2. The van der Waals surface area contributed by atoms with Crippen LogP contribution in [0, 0.1) is 11.7 Å². The van der Waals surface area contributed by atoms with Crippen LogP contribution in [0.25, 0.3) is 0 Å². The zero-order chi connectivity index (χ0) is 20.1. The van der Waals surface area contributed by atoms with E-state index in [1.165, 1.54) is 17.8 Å². The van der Waals surface area contributed by atoms with Crippen LogP contribution in [0.15, 0.2) is 53.4 Å². The fourth-order valence-electron chi connectivity index (χ4n) is 3.20. The Morgan fingerprint density at radius 2 is 1.93 bits per heavy atom. The summed E-state index contributed by atoms with van der Waals surface area (Å²) in [6.07, 6.45) is 1.90. The van der Waals surface area contributed by atoms with Gasteiger partial charge in [-0.3, -0.25) is 9.59 Å². The van der Waals surface area contributed by atoms with Gasteiger partial charge in [0.15, 0.2) is 0 Å². The number of anilines is 1. The highest BCUT2D eigenvalue weighted by atomic mass is 32.2. The normalized spacial score (nSPS) is 17.2. The molecule has 0 spiro atoms. The van der Waals surface area contributed by atoms with E-state index in [2.05, 4.69) is 12.2 Å². The summed E-state index contributed by atoms with van der Waals surface area (Å²) in [4.78, 5) is 28.4. The molecule has 2 aromatic carbocycles. The van der Waals surface area contributed by atoms with Crippen LogP contribution in [0.5, 0.6) is 0 Å². The molecule has 148 valence electrons. The maximum Gasteiger partial charge on any atom is 0.241 e. The van der Waals surface area contributed by atoms with Crippen molar-refractivity contribution in [2.75, 3.05) is 11.4 Å². The van der Waals surface area contributed by atoms with Crippen LogP contribution >= 0.6 is 11.8 Å². The summed E-state index contributed by atoms with van der Waals surface area (Å²) < 4.78 is 14.2. The van der Waals surface area contributed by atoms with Crippen molar-refractivity contribution in [1.29, 1.82) is 0 Å². The lowest BCUT2D eigenvalue weighted by Gasteiger charge is -2.35. The average molecular weight is 401 g/mol. The predicted molar refractivity (Wildman–Crippen MR) is 111 cm³/mol. The van der Waals surface area contributed by atoms with Gasteiger partial charge in [-0.1, -0.05) is 50.6 Å². The lowest BCUT2D eigenvalue weighted by atomic mass is 10.0. The quantitative estimate of drug-likeness (QED) is 0.702. The first-order chi connectivity index (χ1) is 13.5. The Hall–Kier alpha value is -2.34. The first-order valence-electron chi connectivity index (χ1n) is 9.61. The monoisotopic (exact) mass is 400 g/mol. The van der Waals surface area contributed by atoms with Gasteiger partial charge in [0.1, 0.15) is 11.1 Å². The molecule has 0 radical (unpaired) electrons. The lowest BCUT2D eigenvalue weighted by molar-refractivity contribution is -0.128. The van der Waals surface area contributed by atoms with Crippen LogP contribution in [-0.4, -0.2) is 23.6 Å². The molecule has 0 aliphatic carbocycles. The van der Waals surface area contributed by atoms with Crippen LogP contribution in [0.4, 0.5) is 10.1 Å². The molecule has 1 aliphatic heterocycles. The number of para-hydroxylation sites is 1. The number of amides is 2. The van der Waals surface area contributed by atoms with Crippen molar-refractivity contribution in [3.63, 3.8) is 0 Å². The molecule has 0 saturated heterocycles. The Morgan fingerprint density at radius 3 is 2.68 bits per heavy atom. The number of thioether (sulfide) groups is 1. The molecule has 2 atom stereocenters. The molecule has 1 aliphatic rings. The van der Waals surface area contributed by atoms with Gasteiger partial charge in [-0.05, 0) is 24.6 Å². The third kappa shape index (κ3) is 4.38. The minimum atomic E-state index is -0.539. The van der Waals surface area contributed by atoms with Crippen molar-refractivity contribution in [3.8, 4) is 0 Å². The average Bonchev–Trinajstić information content (AvgIpc) is 2.71. The number of nitrogens with zero attached hydrogens (tertiary/aromatic N) is 1. The maximum absolute atomic E-state index is 14.2. The van der Waals surface area contributed by atoms with Gasteiger partial charge in [-0.25, -0.2) is 4.39 Å². The molecular formula is C22H25FN2O2S. The Balaban J connectivity index is 1.86. The summed E-state index contributed by atoms with van der Waals surface area (Å²) in [5.74, 6) is -1.10. The Morgan fingerprint density at radius 1 is 1.21 bits per heavy atom. The SMILES string of the molecule is CCCCNC(=O)[C@@H](C)[C@@H]1Sc2ccccc2N(Cc2ccccc2F)C1=O. The molecule has 1 heterocycles. The van der Waals surface area contributed by atoms with Crippen molar-refractivity contribution in [1.82, 2.24) is 5.32 Å². The smallest absolute Gasteiger partial charge is 0.241 e. The van der Waals surface area contributed by atoms with Crippen LogP contribution in [0.2, 0.25) is 0 Å². The molecule has 0 unspecified atom stereocenters. The van der Waals surface area contributed by atoms with E-state index in [0.717, 1.165) is 23.4 Å². The summed E-state index contributed by atoms with van der Waals surface area (Å²) in [5.41, 5.74) is 1.21. The van der Waals surface area contributed by atoms with Crippen molar-refractivity contribution in [3.05, 3.63) is 59.9 Å². The number of halogens is 1. The number of hydrogen-bond donors (Lipinski definition) is 1. The van der Waals surface area contributed by atoms with E-state index in [0.29, 0.717) is 12.1 Å². The van der Waals surface area contributed by atoms with E-state index < -0.39 is 11.2 Å². The van der Waals surface area contributed by atoms with Gasteiger partial charge in [-0.15, -0.1) is 11.8 Å². The summed E-state index contributed by atoms with van der Waals surface area (Å²) in [6, 6.07) is 14.0. The minimum absolute atomic E-state index is 0.121. The second kappa shape index (κ2) is 9.24. The van der Waals surface area contributed by atoms with Crippen molar-refractivity contribution in [2.24, 2.45) is 5.92 Å².